The van der Waals surface area contributed by atoms with E-state index in [1.54, 1.807) is 0 Å². The van der Waals surface area contributed by atoms with E-state index >= 15 is 0 Å². The summed E-state index contributed by atoms with van der Waals surface area (Å²) in [6.07, 6.45) is 2.13. The van der Waals surface area contributed by atoms with E-state index in [4.69, 9.17) is 14.3 Å². The lowest BCUT2D eigenvalue weighted by Gasteiger charge is -2.17. The summed E-state index contributed by atoms with van der Waals surface area (Å²) < 4.78 is 10.9. The van der Waals surface area contributed by atoms with Gasteiger partial charge in [-0.25, -0.2) is 0 Å². The average Bonchev–Trinajstić information content (AvgIpc) is 2.68. The summed E-state index contributed by atoms with van der Waals surface area (Å²) in [5.74, 6) is 0.214. The minimum Gasteiger partial charge on any atom is -0.481 e. The minimum absolute atomic E-state index is 0.175. The van der Waals surface area contributed by atoms with Gasteiger partial charge in [-0.15, -0.1) is 10.2 Å². The molecule has 1 N–H and O–H groups in total. The molecule has 0 bridgehead atoms. The smallest absolute Gasteiger partial charge is 0.303 e. The van der Waals surface area contributed by atoms with Gasteiger partial charge in [0.2, 0.25) is 11.8 Å². The van der Waals surface area contributed by atoms with Crippen LogP contribution in [0.5, 0.6) is 0 Å². The van der Waals surface area contributed by atoms with Gasteiger partial charge in [0.05, 0.1) is 5.60 Å². The second-order valence-electron chi connectivity index (χ2n) is 5.09. The number of aryl methyl sites for hydroxylation is 1. The number of carbonyl (C=O) groups is 1. The van der Waals surface area contributed by atoms with Crippen molar-refractivity contribution in [2.45, 2.75) is 58.7 Å². The maximum atomic E-state index is 10.3. The molecule has 0 atom stereocenters. The van der Waals surface area contributed by atoms with Gasteiger partial charge in [0.25, 0.3) is 0 Å². The average molecular weight is 256 g/mol. The molecular formula is C12H20N2O4. The number of rotatable bonds is 7. The zero-order valence-electron chi connectivity index (χ0n) is 11.1. The third-order valence-electron chi connectivity index (χ3n) is 2.17. The summed E-state index contributed by atoms with van der Waals surface area (Å²) in [7, 11) is 0. The van der Waals surface area contributed by atoms with Crippen LogP contribution in [0.25, 0.3) is 0 Å². The highest BCUT2D eigenvalue weighted by atomic mass is 16.5. The number of hydrogen-bond donors (Lipinski definition) is 1. The zero-order chi connectivity index (χ0) is 13.6. The third-order valence-corrected chi connectivity index (χ3v) is 2.17. The highest BCUT2D eigenvalue weighted by molar-refractivity contribution is 5.66. The largest absolute Gasteiger partial charge is 0.481 e. The number of nitrogens with zero attached hydrogens (tertiary/aromatic N) is 2. The first-order valence-corrected chi connectivity index (χ1v) is 6.04. The molecule has 6 heteroatoms. The second-order valence-corrected chi connectivity index (χ2v) is 5.09. The Morgan fingerprint density at radius 2 is 1.94 bits per heavy atom. The van der Waals surface area contributed by atoms with Gasteiger partial charge in [0, 0.05) is 12.8 Å². The van der Waals surface area contributed by atoms with E-state index in [-0.39, 0.29) is 12.0 Å². The van der Waals surface area contributed by atoms with Crippen molar-refractivity contribution >= 4 is 5.97 Å². The number of carboxylic acid groups (broad SMARTS) is 1. The lowest BCUT2D eigenvalue weighted by atomic mass is 10.2. The maximum Gasteiger partial charge on any atom is 0.303 e. The van der Waals surface area contributed by atoms with Crippen LogP contribution in [0.4, 0.5) is 0 Å². The van der Waals surface area contributed by atoms with E-state index in [9.17, 15) is 4.79 Å². The Labute approximate surface area is 106 Å². The van der Waals surface area contributed by atoms with Crippen LogP contribution in [-0.2, 0) is 22.6 Å². The number of unbranched alkanes of at least 4 members (excludes halogenated alkanes) is 1. The monoisotopic (exact) mass is 256 g/mol. The molecule has 0 unspecified atom stereocenters. The molecule has 0 aliphatic rings. The molecule has 1 aromatic heterocycles. The van der Waals surface area contributed by atoms with Crippen molar-refractivity contribution in [2.75, 3.05) is 0 Å². The molecule has 0 spiro atoms. The molecule has 18 heavy (non-hydrogen) atoms. The molecule has 102 valence electrons. The fourth-order valence-corrected chi connectivity index (χ4v) is 1.28. The molecule has 0 saturated carbocycles. The molecular weight excluding hydrogens is 236 g/mol. The van der Waals surface area contributed by atoms with Crippen molar-refractivity contribution in [1.29, 1.82) is 0 Å². The van der Waals surface area contributed by atoms with Crippen LogP contribution in [0.2, 0.25) is 0 Å². The van der Waals surface area contributed by atoms with Crippen LogP contribution < -0.4 is 0 Å². The van der Waals surface area contributed by atoms with E-state index in [0.29, 0.717) is 31.2 Å². The third kappa shape index (κ3) is 6.34. The van der Waals surface area contributed by atoms with Crippen molar-refractivity contribution in [3.63, 3.8) is 0 Å². The number of hydrogen-bond acceptors (Lipinski definition) is 5. The van der Waals surface area contributed by atoms with Crippen LogP contribution in [0, 0.1) is 0 Å². The predicted molar refractivity (Wildman–Crippen MR) is 64.0 cm³/mol. The molecule has 6 nitrogen and oxygen atoms in total. The lowest BCUT2D eigenvalue weighted by Crippen LogP contribution is -2.18. The Balaban J connectivity index is 2.28. The van der Waals surface area contributed by atoms with Crippen LogP contribution in [0.1, 0.15) is 51.8 Å². The van der Waals surface area contributed by atoms with E-state index in [1.165, 1.54) is 0 Å². The molecule has 1 heterocycles. The number of ether oxygens (including phenoxy) is 1. The SMILES string of the molecule is CC(C)(C)OCc1nnc(CCCCC(=O)O)o1. The van der Waals surface area contributed by atoms with E-state index in [1.807, 2.05) is 20.8 Å². The first kappa shape index (κ1) is 14.6. The van der Waals surface area contributed by atoms with Gasteiger partial charge >= 0.3 is 5.97 Å². The van der Waals surface area contributed by atoms with E-state index in [2.05, 4.69) is 10.2 Å². The number of carboxylic acids is 1. The van der Waals surface area contributed by atoms with Gasteiger partial charge in [-0.05, 0) is 33.6 Å². The summed E-state index contributed by atoms with van der Waals surface area (Å²) in [5.41, 5.74) is -0.240. The van der Waals surface area contributed by atoms with Crippen molar-refractivity contribution in [3.8, 4) is 0 Å². The molecule has 1 rings (SSSR count). The second kappa shape index (κ2) is 6.49. The zero-order valence-corrected chi connectivity index (χ0v) is 11.1. The van der Waals surface area contributed by atoms with Crippen molar-refractivity contribution < 1.29 is 19.1 Å². The number of aliphatic carboxylic acids is 1. The lowest BCUT2D eigenvalue weighted by molar-refractivity contribution is -0.137. The molecule has 1 aromatic rings. The van der Waals surface area contributed by atoms with E-state index in [0.717, 1.165) is 6.42 Å². The summed E-state index contributed by atoms with van der Waals surface area (Å²) in [5, 5.41) is 16.3. The van der Waals surface area contributed by atoms with Crippen molar-refractivity contribution in [3.05, 3.63) is 11.8 Å². The normalized spacial score (nSPS) is 11.7. The van der Waals surface area contributed by atoms with Gasteiger partial charge in [-0.2, -0.15) is 0 Å². The highest BCUT2D eigenvalue weighted by Gasteiger charge is 2.13. The predicted octanol–water partition coefficient (Wildman–Crippen LogP) is 2.18. The fourth-order valence-electron chi connectivity index (χ4n) is 1.28. The van der Waals surface area contributed by atoms with Gasteiger partial charge < -0.3 is 14.3 Å². The Morgan fingerprint density at radius 3 is 2.56 bits per heavy atom. The standard InChI is InChI=1S/C12H20N2O4/c1-12(2,3)17-8-10-14-13-9(18-10)6-4-5-7-11(15)16/h4-8H2,1-3H3,(H,15,16). The van der Waals surface area contributed by atoms with Crippen molar-refractivity contribution in [1.82, 2.24) is 10.2 Å². The number of aromatic nitrogens is 2. The summed E-state index contributed by atoms with van der Waals surface area (Å²) in [4.78, 5) is 10.3. The van der Waals surface area contributed by atoms with Gasteiger partial charge in [-0.1, -0.05) is 0 Å². The van der Waals surface area contributed by atoms with Crippen LogP contribution in [0.3, 0.4) is 0 Å². The molecule has 0 fully saturated rings. The fraction of sp³-hybridized carbons (Fsp3) is 0.750. The summed E-state index contributed by atoms with van der Waals surface area (Å²) >= 11 is 0. The van der Waals surface area contributed by atoms with E-state index < -0.39 is 5.97 Å². The molecule has 0 saturated heterocycles. The van der Waals surface area contributed by atoms with Gasteiger partial charge in [0.1, 0.15) is 6.61 Å². The molecule has 0 aliphatic carbocycles. The quantitative estimate of drug-likeness (QED) is 0.752. The highest BCUT2D eigenvalue weighted by Crippen LogP contribution is 2.12. The molecule has 0 aromatic carbocycles. The maximum absolute atomic E-state index is 10.3. The topological polar surface area (TPSA) is 85.5 Å². The van der Waals surface area contributed by atoms with Gasteiger partial charge in [0.15, 0.2) is 0 Å². The van der Waals surface area contributed by atoms with Crippen LogP contribution >= 0.6 is 0 Å². The Kier molecular flexibility index (Phi) is 5.27. The molecule has 0 amide bonds. The summed E-state index contributed by atoms with van der Waals surface area (Å²) in [6, 6.07) is 0. The summed E-state index contributed by atoms with van der Waals surface area (Å²) in [6.45, 7) is 6.16. The van der Waals surface area contributed by atoms with Crippen LogP contribution in [-0.4, -0.2) is 26.9 Å². The Hall–Kier alpha value is -1.43. The Bertz CT molecular complexity index is 382. The van der Waals surface area contributed by atoms with Crippen LogP contribution in [0.15, 0.2) is 4.42 Å². The van der Waals surface area contributed by atoms with Crippen molar-refractivity contribution in [2.24, 2.45) is 0 Å². The first-order chi connectivity index (χ1) is 8.37. The molecule has 0 radical (unpaired) electrons. The molecule has 0 aliphatic heterocycles. The minimum atomic E-state index is -0.778. The first-order valence-electron chi connectivity index (χ1n) is 6.04. The van der Waals surface area contributed by atoms with Gasteiger partial charge in [-0.3, -0.25) is 4.79 Å². The Morgan fingerprint density at radius 1 is 1.28 bits per heavy atom.